The molecule has 0 aliphatic heterocycles. The van der Waals surface area contributed by atoms with Gasteiger partial charge in [-0.15, -0.1) is 0 Å². The maximum Gasteiger partial charge on any atom is 0.337 e. The number of halogens is 1. The van der Waals surface area contributed by atoms with E-state index in [1.807, 2.05) is 0 Å². The van der Waals surface area contributed by atoms with Crippen LogP contribution in [0.2, 0.25) is 5.02 Å². The van der Waals surface area contributed by atoms with E-state index < -0.39 is 5.97 Å². The van der Waals surface area contributed by atoms with Crippen LogP contribution in [0.5, 0.6) is 5.88 Å². The molecule has 0 saturated heterocycles. The number of carboxylic acids is 1. The molecule has 0 amide bonds. The molecule has 2 heterocycles. The SMILES string of the molecule is O=C(O)c1cc(OCc2ccco2)ncc1Cl. The van der Waals surface area contributed by atoms with Gasteiger partial charge in [-0.2, -0.15) is 0 Å². The van der Waals surface area contributed by atoms with E-state index in [1.165, 1.54) is 18.5 Å². The Morgan fingerprint density at radius 2 is 2.41 bits per heavy atom. The van der Waals surface area contributed by atoms with Gasteiger partial charge in [0.25, 0.3) is 0 Å². The minimum Gasteiger partial charge on any atom is -0.478 e. The highest BCUT2D eigenvalue weighted by atomic mass is 35.5. The molecule has 0 unspecified atom stereocenters. The van der Waals surface area contributed by atoms with Crippen LogP contribution >= 0.6 is 11.6 Å². The van der Waals surface area contributed by atoms with Gasteiger partial charge in [-0.1, -0.05) is 11.6 Å². The highest BCUT2D eigenvalue weighted by Crippen LogP contribution is 2.20. The van der Waals surface area contributed by atoms with E-state index >= 15 is 0 Å². The number of carboxylic acid groups (broad SMARTS) is 1. The molecule has 0 bridgehead atoms. The number of furan rings is 1. The largest absolute Gasteiger partial charge is 0.478 e. The first-order valence-corrected chi connectivity index (χ1v) is 5.08. The third kappa shape index (κ3) is 2.76. The van der Waals surface area contributed by atoms with Crippen LogP contribution in [0.25, 0.3) is 0 Å². The van der Waals surface area contributed by atoms with Gasteiger partial charge < -0.3 is 14.3 Å². The molecule has 0 radical (unpaired) electrons. The van der Waals surface area contributed by atoms with Crippen molar-refractivity contribution in [2.45, 2.75) is 6.61 Å². The fraction of sp³-hybridized carbons (Fsp3) is 0.0909. The lowest BCUT2D eigenvalue weighted by atomic mass is 10.3. The van der Waals surface area contributed by atoms with Gasteiger partial charge >= 0.3 is 5.97 Å². The number of nitrogens with zero attached hydrogens (tertiary/aromatic N) is 1. The van der Waals surface area contributed by atoms with Crippen molar-refractivity contribution in [3.8, 4) is 5.88 Å². The number of pyridine rings is 1. The van der Waals surface area contributed by atoms with Crippen LogP contribution < -0.4 is 4.74 Å². The van der Waals surface area contributed by atoms with Gasteiger partial charge in [0, 0.05) is 6.07 Å². The molecule has 0 aliphatic rings. The van der Waals surface area contributed by atoms with Gasteiger partial charge in [-0.25, -0.2) is 9.78 Å². The molecule has 2 rings (SSSR count). The van der Waals surface area contributed by atoms with Crippen LogP contribution in [0, 0.1) is 0 Å². The van der Waals surface area contributed by atoms with Gasteiger partial charge in [0.1, 0.15) is 12.4 Å². The second-order valence-electron chi connectivity index (χ2n) is 3.18. The summed E-state index contributed by atoms with van der Waals surface area (Å²) >= 11 is 5.67. The smallest absolute Gasteiger partial charge is 0.337 e. The summed E-state index contributed by atoms with van der Waals surface area (Å²) < 4.78 is 10.3. The fourth-order valence-corrected chi connectivity index (χ4v) is 1.39. The first-order valence-electron chi connectivity index (χ1n) is 4.71. The predicted molar refractivity (Wildman–Crippen MR) is 59.2 cm³/mol. The molecule has 1 N–H and O–H groups in total. The normalized spacial score (nSPS) is 10.2. The molecule has 0 saturated carbocycles. The summed E-state index contributed by atoms with van der Waals surface area (Å²) in [5.41, 5.74) is -0.0453. The van der Waals surface area contributed by atoms with E-state index in [-0.39, 0.29) is 23.1 Å². The minimum absolute atomic E-state index is 0.0453. The van der Waals surface area contributed by atoms with E-state index in [0.717, 1.165) is 0 Å². The molecular weight excluding hydrogens is 246 g/mol. The van der Waals surface area contributed by atoms with Crippen LogP contribution in [-0.4, -0.2) is 16.1 Å². The fourth-order valence-electron chi connectivity index (χ4n) is 1.20. The van der Waals surface area contributed by atoms with Gasteiger partial charge in [-0.05, 0) is 12.1 Å². The number of rotatable bonds is 4. The molecule has 0 atom stereocenters. The lowest BCUT2D eigenvalue weighted by Gasteiger charge is -2.04. The minimum atomic E-state index is -1.12. The van der Waals surface area contributed by atoms with Crippen LogP contribution in [-0.2, 0) is 6.61 Å². The Morgan fingerprint density at radius 1 is 1.59 bits per heavy atom. The Labute approximate surface area is 102 Å². The van der Waals surface area contributed by atoms with Crippen molar-refractivity contribution in [3.63, 3.8) is 0 Å². The third-order valence-electron chi connectivity index (χ3n) is 2.00. The van der Waals surface area contributed by atoms with Crippen molar-refractivity contribution in [1.29, 1.82) is 0 Å². The monoisotopic (exact) mass is 253 g/mol. The molecular formula is C11H8ClNO4. The second kappa shape index (κ2) is 4.88. The predicted octanol–water partition coefficient (Wildman–Crippen LogP) is 2.61. The number of hydrogen-bond acceptors (Lipinski definition) is 4. The maximum atomic E-state index is 10.8. The van der Waals surface area contributed by atoms with E-state index in [2.05, 4.69) is 4.98 Å². The van der Waals surface area contributed by atoms with Gasteiger partial charge in [0.2, 0.25) is 5.88 Å². The molecule has 2 aromatic rings. The van der Waals surface area contributed by atoms with E-state index in [4.69, 9.17) is 25.9 Å². The first-order chi connectivity index (χ1) is 8.16. The number of ether oxygens (including phenoxy) is 1. The lowest BCUT2D eigenvalue weighted by Crippen LogP contribution is -2.01. The average molecular weight is 254 g/mol. The molecule has 0 aromatic carbocycles. The summed E-state index contributed by atoms with van der Waals surface area (Å²) in [5.74, 6) is -0.318. The summed E-state index contributed by atoms with van der Waals surface area (Å²) in [5, 5.41) is 8.93. The molecule has 88 valence electrons. The van der Waals surface area contributed by atoms with E-state index in [9.17, 15) is 4.79 Å². The molecule has 6 heteroatoms. The molecule has 5 nitrogen and oxygen atoms in total. The average Bonchev–Trinajstić information content (AvgIpc) is 2.80. The number of carbonyl (C=O) groups is 1. The van der Waals surface area contributed by atoms with Crippen LogP contribution in [0.15, 0.2) is 35.1 Å². The molecule has 2 aromatic heterocycles. The zero-order valence-electron chi connectivity index (χ0n) is 8.59. The van der Waals surface area contributed by atoms with Crippen molar-refractivity contribution in [1.82, 2.24) is 4.98 Å². The molecule has 17 heavy (non-hydrogen) atoms. The van der Waals surface area contributed by atoms with E-state index in [0.29, 0.717) is 5.76 Å². The topological polar surface area (TPSA) is 72.6 Å². The molecule has 0 spiro atoms. The van der Waals surface area contributed by atoms with Crippen LogP contribution in [0.1, 0.15) is 16.1 Å². The Morgan fingerprint density at radius 3 is 3.06 bits per heavy atom. The number of hydrogen-bond donors (Lipinski definition) is 1. The third-order valence-corrected chi connectivity index (χ3v) is 2.30. The van der Waals surface area contributed by atoms with Crippen molar-refractivity contribution in [2.75, 3.05) is 0 Å². The van der Waals surface area contributed by atoms with E-state index in [1.54, 1.807) is 12.1 Å². The Bertz CT molecular complexity index is 524. The van der Waals surface area contributed by atoms with Crippen molar-refractivity contribution < 1.29 is 19.1 Å². The van der Waals surface area contributed by atoms with Crippen molar-refractivity contribution in [2.24, 2.45) is 0 Å². The highest BCUT2D eigenvalue weighted by molar-refractivity contribution is 6.33. The Hall–Kier alpha value is -2.01. The summed E-state index contributed by atoms with van der Waals surface area (Å²) in [7, 11) is 0. The summed E-state index contributed by atoms with van der Waals surface area (Å²) in [4.78, 5) is 14.7. The summed E-state index contributed by atoms with van der Waals surface area (Å²) in [6, 6.07) is 4.75. The Balaban J connectivity index is 2.11. The maximum absolute atomic E-state index is 10.8. The lowest BCUT2D eigenvalue weighted by molar-refractivity contribution is 0.0696. The van der Waals surface area contributed by atoms with Crippen LogP contribution in [0.3, 0.4) is 0 Å². The number of aromatic carboxylic acids is 1. The first kappa shape index (κ1) is 11.5. The van der Waals surface area contributed by atoms with Crippen LogP contribution in [0.4, 0.5) is 0 Å². The molecule has 0 fully saturated rings. The zero-order valence-corrected chi connectivity index (χ0v) is 9.35. The standard InChI is InChI=1S/C11H8ClNO4/c12-9-5-13-10(4-8(9)11(14)15)17-6-7-2-1-3-16-7/h1-5H,6H2,(H,14,15). The van der Waals surface area contributed by atoms with Crippen molar-refractivity contribution in [3.05, 3.63) is 47.0 Å². The highest BCUT2D eigenvalue weighted by Gasteiger charge is 2.11. The zero-order chi connectivity index (χ0) is 12.3. The quantitative estimate of drug-likeness (QED) is 0.907. The Kier molecular flexibility index (Phi) is 3.30. The van der Waals surface area contributed by atoms with Gasteiger partial charge in [-0.3, -0.25) is 0 Å². The van der Waals surface area contributed by atoms with Gasteiger partial charge in [0.15, 0.2) is 0 Å². The molecule has 0 aliphatic carbocycles. The number of aromatic nitrogens is 1. The van der Waals surface area contributed by atoms with Gasteiger partial charge in [0.05, 0.1) is 23.0 Å². The summed E-state index contributed by atoms with van der Waals surface area (Å²) in [6.45, 7) is 0.181. The second-order valence-corrected chi connectivity index (χ2v) is 3.58. The van der Waals surface area contributed by atoms with Crippen molar-refractivity contribution >= 4 is 17.6 Å². The summed E-state index contributed by atoms with van der Waals surface area (Å²) in [6.07, 6.45) is 2.76.